The van der Waals surface area contributed by atoms with Crippen LogP contribution in [0, 0.1) is 12.8 Å². The molecular formula is C18H29NS. The van der Waals surface area contributed by atoms with E-state index in [4.69, 9.17) is 0 Å². The van der Waals surface area contributed by atoms with Gasteiger partial charge in [0.2, 0.25) is 0 Å². The third kappa shape index (κ3) is 5.14. The van der Waals surface area contributed by atoms with Crippen molar-refractivity contribution in [1.29, 1.82) is 0 Å². The average Bonchev–Trinajstić information content (AvgIpc) is 2.42. The lowest BCUT2D eigenvalue weighted by Crippen LogP contribution is -2.19. The molecule has 1 aliphatic carbocycles. The third-order valence-corrected chi connectivity index (χ3v) is 5.39. The van der Waals surface area contributed by atoms with Crippen molar-refractivity contribution in [3.63, 3.8) is 0 Å². The standard InChI is InChI=1S/C18H29NS/c1-14(2)12-19-13-16-11-15(3)9-10-18(16)20-17-7-5-4-6-8-17/h9-11,14,17,19H,4-8,12-13H2,1-3H3. The van der Waals surface area contributed by atoms with Crippen molar-refractivity contribution in [3.05, 3.63) is 29.3 Å². The first-order chi connectivity index (χ1) is 9.65. The third-order valence-electron chi connectivity index (χ3n) is 3.93. The van der Waals surface area contributed by atoms with E-state index in [9.17, 15) is 0 Å². The Bertz CT molecular complexity index is 408. The van der Waals surface area contributed by atoms with E-state index in [0.717, 1.165) is 18.3 Å². The Morgan fingerprint density at radius 1 is 1.20 bits per heavy atom. The lowest BCUT2D eigenvalue weighted by Gasteiger charge is -2.22. The molecular weight excluding hydrogens is 262 g/mol. The van der Waals surface area contributed by atoms with Gasteiger partial charge in [-0.2, -0.15) is 0 Å². The fourth-order valence-electron chi connectivity index (χ4n) is 2.82. The first kappa shape index (κ1) is 15.9. The van der Waals surface area contributed by atoms with Gasteiger partial charge in [0.15, 0.2) is 0 Å². The smallest absolute Gasteiger partial charge is 0.0216 e. The predicted molar refractivity (Wildman–Crippen MR) is 90.5 cm³/mol. The molecule has 1 fully saturated rings. The van der Waals surface area contributed by atoms with Crippen LogP contribution in [0.5, 0.6) is 0 Å². The largest absolute Gasteiger partial charge is 0.312 e. The van der Waals surface area contributed by atoms with Crippen molar-refractivity contribution in [1.82, 2.24) is 5.32 Å². The fourth-order valence-corrected chi connectivity index (χ4v) is 4.18. The molecule has 0 atom stereocenters. The molecule has 0 amide bonds. The highest BCUT2D eigenvalue weighted by molar-refractivity contribution is 8.00. The van der Waals surface area contributed by atoms with E-state index >= 15 is 0 Å². The monoisotopic (exact) mass is 291 g/mol. The van der Waals surface area contributed by atoms with Gasteiger partial charge in [0, 0.05) is 16.7 Å². The van der Waals surface area contributed by atoms with Crippen LogP contribution in [-0.2, 0) is 6.54 Å². The Kier molecular flexibility index (Phi) is 6.44. The minimum Gasteiger partial charge on any atom is -0.312 e. The summed E-state index contributed by atoms with van der Waals surface area (Å²) in [5, 5.41) is 4.44. The molecule has 0 heterocycles. The zero-order chi connectivity index (χ0) is 14.4. The van der Waals surface area contributed by atoms with Gasteiger partial charge in [-0.25, -0.2) is 0 Å². The van der Waals surface area contributed by atoms with E-state index < -0.39 is 0 Å². The highest BCUT2D eigenvalue weighted by Gasteiger charge is 2.16. The molecule has 1 N–H and O–H groups in total. The molecule has 1 saturated carbocycles. The molecule has 112 valence electrons. The average molecular weight is 292 g/mol. The Morgan fingerprint density at radius 3 is 2.65 bits per heavy atom. The molecule has 0 aliphatic heterocycles. The summed E-state index contributed by atoms with van der Waals surface area (Å²) in [6.45, 7) is 8.83. The van der Waals surface area contributed by atoms with Gasteiger partial charge in [-0.1, -0.05) is 50.8 Å². The van der Waals surface area contributed by atoms with Crippen LogP contribution >= 0.6 is 11.8 Å². The summed E-state index contributed by atoms with van der Waals surface area (Å²) in [7, 11) is 0. The van der Waals surface area contributed by atoms with Crippen LogP contribution in [-0.4, -0.2) is 11.8 Å². The zero-order valence-corrected chi connectivity index (χ0v) is 14.1. The van der Waals surface area contributed by atoms with E-state index in [1.165, 1.54) is 48.1 Å². The number of hydrogen-bond donors (Lipinski definition) is 1. The number of thioether (sulfide) groups is 1. The molecule has 1 aromatic rings. The number of benzene rings is 1. The molecule has 0 bridgehead atoms. The number of aryl methyl sites for hydroxylation is 1. The Hall–Kier alpha value is -0.470. The van der Waals surface area contributed by atoms with Crippen LogP contribution in [0.2, 0.25) is 0 Å². The molecule has 1 aromatic carbocycles. The minimum atomic E-state index is 0.717. The van der Waals surface area contributed by atoms with Gasteiger partial charge >= 0.3 is 0 Å². The minimum absolute atomic E-state index is 0.717. The molecule has 20 heavy (non-hydrogen) atoms. The van der Waals surface area contributed by atoms with Crippen LogP contribution in [0.1, 0.15) is 57.1 Å². The highest BCUT2D eigenvalue weighted by Crippen LogP contribution is 2.35. The first-order valence-corrected chi connectivity index (χ1v) is 9.00. The van der Waals surface area contributed by atoms with E-state index in [1.807, 2.05) is 0 Å². The lowest BCUT2D eigenvalue weighted by atomic mass is 10.0. The van der Waals surface area contributed by atoms with Crippen molar-refractivity contribution >= 4 is 11.8 Å². The lowest BCUT2D eigenvalue weighted by molar-refractivity contribution is 0.515. The number of nitrogens with one attached hydrogen (secondary N) is 1. The van der Waals surface area contributed by atoms with Crippen molar-refractivity contribution in [2.24, 2.45) is 5.92 Å². The maximum Gasteiger partial charge on any atom is 0.0216 e. The molecule has 0 saturated heterocycles. The summed E-state index contributed by atoms with van der Waals surface area (Å²) in [4.78, 5) is 1.50. The van der Waals surface area contributed by atoms with Crippen molar-refractivity contribution in [2.75, 3.05) is 6.54 Å². The maximum atomic E-state index is 3.59. The normalized spacial score (nSPS) is 16.8. The molecule has 0 radical (unpaired) electrons. The summed E-state index contributed by atoms with van der Waals surface area (Å²) in [6, 6.07) is 6.95. The summed E-state index contributed by atoms with van der Waals surface area (Å²) >= 11 is 2.12. The van der Waals surface area contributed by atoms with E-state index in [0.29, 0.717) is 5.92 Å². The van der Waals surface area contributed by atoms with Crippen LogP contribution in [0.25, 0.3) is 0 Å². The number of rotatable bonds is 6. The molecule has 0 aromatic heterocycles. The van der Waals surface area contributed by atoms with Gasteiger partial charge in [-0.15, -0.1) is 11.8 Å². The maximum absolute atomic E-state index is 3.59. The Balaban J connectivity index is 1.98. The molecule has 1 nitrogen and oxygen atoms in total. The molecule has 2 rings (SSSR count). The van der Waals surface area contributed by atoms with Crippen molar-refractivity contribution < 1.29 is 0 Å². The van der Waals surface area contributed by atoms with Gasteiger partial charge in [-0.05, 0) is 43.9 Å². The fraction of sp³-hybridized carbons (Fsp3) is 0.667. The quantitative estimate of drug-likeness (QED) is 0.776. The number of hydrogen-bond acceptors (Lipinski definition) is 2. The molecule has 1 aliphatic rings. The van der Waals surface area contributed by atoms with Gasteiger partial charge in [0.1, 0.15) is 0 Å². The second-order valence-corrected chi connectivity index (χ2v) is 7.86. The highest BCUT2D eigenvalue weighted by atomic mass is 32.2. The van der Waals surface area contributed by atoms with Gasteiger partial charge in [0.05, 0.1) is 0 Å². The van der Waals surface area contributed by atoms with Crippen molar-refractivity contribution in [3.8, 4) is 0 Å². The van der Waals surface area contributed by atoms with Crippen LogP contribution < -0.4 is 5.32 Å². The van der Waals surface area contributed by atoms with E-state index in [1.54, 1.807) is 0 Å². The second-order valence-electron chi connectivity index (χ2n) is 6.51. The van der Waals surface area contributed by atoms with E-state index in [-0.39, 0.29) is 0 Å². The molecule has 0 spiro atoms. The first-order valence-electron chi connectivity index (χ1n) is 8.12. The van der Waals surface area contributed by atoms with Crippen LogP contribution in [0.4, 0.5) is 0 Å². The van der Waals surface area contributed by atoms with Crippen LogP contribution in [0.15, 0.2) is 23.1 Å². The summed E-state index contributed by atoms with van der Waals surface area (Å²) < 4.78 is 0. The Morgan fingerprint density at radius 2 is 1.95 bits per heavy atom. The molecule has 2 heteroatoms. The zero-order valence-electron chi connectivity index (χ0n) is 13.2. The summed E-state index contributed by atoms with van der Waals surface area (Å²) in [5.41, 5.74) is 2.86. The van der Waals surface area contributed by atoms with Gasteiger partial charge in [-0.3, -0.25) is 0 Å². The molecule has 0 unspecified atom stereocenters. The Labute approximate surface area is 128 Å². The van der Waals surface area contributed by atoms with Gasteiger partial charge < -0.3 is 5.32 Å². The van der Waals surface area contributed by atoms with Crippen LogP contribution in [0.3, 0.4) is 0 Å². The van der Waals surface area contributed by atoms with E-state index in [2.05, 4.69) is 56.0 Å². The summed E-state index contributed by atoms with van der Waals surface area (Å²) in [6.07, 6.45) is 7.08. The van der Waals surface area contributed by atoms with Gasteiger partial charge in [0.25, 0.3) is 0 Å². The predicted octanol–water partition coefficient (Wildman–Crippen LogP) is 5.17. The summed E-state index contributed by atoms with van der Waals surface area (Å²) in [5.74, 6) is 0.717. The second kappa shape index (κ2) is 8.09. The van der Waals surface area contributed by atoms with Crippen molar-refractivity contribution in [2.45, 2.75) is 69.6 Å². The topological polar surface area (TPSA) is 12.0 Å². The SMILES string of the molecule is Cc1ccc(SC2CCCCC2)c(CNCC(C)C)c1.